The van der Waals surface area contributed by atoms with Crippen LogP contribution in [0.5, 0.6) is 0 Å². The Balaban J connectivity index is 1.59. The van der Waals surface area contributed by atoms with Crippen molar-refractivity contribution in [1.82, 2.24) is 0 Å². The maximum absolute atomic E-state index is 12.4. The molecule has 0 heterocycles. The Hall–Kier alpha value is -3.19. The maximum Gasteiger partial charge on any atom is 0.255 e. The minimum absolute atomic E-state index is 0.0273. The van der Waals surface area contributed by atoms with E-state index in [1.54, 1.807) is 48.5 Å². The molecule has 7 heteroatoms. The molecule has 2 aromatic carbocycles. The van der Waals surface area contributed by atoms with Crippen molar-refractivity contribution < 1.29 is 19.1 Å². The molecule has 1 fully saturated rings. The molecule has 0 bridgehead atoms. The monoisotopic (exact) mass is 367 g/mol. The summed E-state index contributed by atoms with van der Waals surface area (Å²) in [5.41, 5.74) is 2.26. The third-order valence-electron chi connectivity index (χ3n) is 4.04. The number of ether oxygens (including phenoxy) is 1. The van der Waals surface area contributed by atoms with Crippen LogP contribution in [0.1, 0.15) is 23.2 Å². The quantitative estimate of drug-likeness (QED) is 0.701. The number of carbonyl (C=O) groups is 3. The second kappa shape index (κ2) is 8.46. The molecule has 0 aliphatic heterocycles. The average Bonchev–Trinajstić information content (AvgIpc) is 3.48. The number of amides is 3. The van der Waals surface area contributed by atoms with Crippen molar-refractivity contribution in [1.29, 1.82) is 0 Å². The fourth-order valence-electron chi connectivity index (χ4n) is 2.50. The van der Waals surface area contributed by atoms with Crippen molar-refractivity contribution in [2.75, 3.05) is 29.7 Å². The Labute approximate surface area is 157 Å². The Morgan fingerprint density at radius 3 is 2.22 bits per heavy atom. The van der Waals surface area contributed by atoms with Crippen LogP contribution in [-0.2, 0) is 14.3 Å². The maximum atomic E-state index is 12.4. The number of benzene rings is 2. The zero-order valence-electron chi connectivity index (χ0n) is 15.0. The highest BCUT2D eigenvalue weighted by Gasteiger charge is 2.29. The standard InChI is InChI=1S/C20H21N3O4/c1-27-12-18(24)21-16-3-2-4-17(11-16)23-20(26)14-7-9-15(10-8-14)22-19(25)13-5-6-13/h2-4,7-11,13H,5-6,12H2,1H3,(H,21,24)(H,22,25)(H,23,26). The molecular formula is C20H21N3O4. The molecular weight excluding hydrogens is 346 g/mol. The number of hydrogen-bond donors (Lipinski definition) is 3. The van der Waals surface area contributed by atoms with Gasteiger partial charge in [0.15, 0.2) is 0 Å². The highest BCUT2D eigenvalue weighted by atomic mass is 16.5. The van der Waals surface area contributed by atoms with E-state index in [0.29, 0.717) is 22.6 Å². The van der Waals surface area contributed by atoms with Crippen LogP contribution in [0.15, 0.2) is 48.5 Å². The van der Waals surface area contributed by atoms with Crippen LogP contribution < -0.4 is 16.0 Å². The summed E-state index contributed by atoms with van der Waals surface area (Å²) in [6.45, 7) is -0.0414. The summed E-state index contributed by atoms with van der Waals surface area (Å²) >= 11 is 0. The van der Waals surface area contributed by atoms with Crippen LogP contribution in [0.2, 0.25) is 0 Å². The highest BCUT2D eigenvalue weighted by Crippen LogP contribution is 2.30. The predicted molar refractivity (Wildman–Crippen MR) is 103 cm³/mol. The Morgan fingerprint density at radius 1 is 0.926 bits per heavy atom. The van der Waals surface area contributed by atoms with E-state index in [9.17, 15) is 14.4 Å². The molecule has 27 heavy (non-hydrogen) atoms. The van der Waals surface area contributed by atoms with Gasteiger partial charge in [-0.3, -0.25) is 14.4 Å². The van der Waals surface area contributed by atoms with Crippen molar-refractivity contribution >= 4 is 34.8 Å². The van der Waals surface area contributed by atoms with Gasteiger partial charge < -0.3 is 20.7 Å². The summed E-state index contributed by atoms with van der Waals surface area (Å²) < 4.78 is 4.77. The zero-order valence-corrected chi connectivity index (χ0v) is 15.0. The van der Waals surface area contributed by atoms with Gasteiger partial charge >= 0.3 is 0 Å². The molecule has 140 valence electrons. The van der Waals surface area contributed by atoms with Gasteiger partial charge in [-0.25, -0.2) is 0 Å². The summed E-state index contributed by atoms with van der Waals surface area (Å²) in [7, 11) is 1.44. The molecule has 7 nitrogen and oxygen atoms in total. The molecule has 0 radical (unpaired) electrons. The van der Waals surface area contributed by atoms with E-state index < -0.39 is 0 Å². The van der Waals surface area contributed by atoms with E-state index in [2.05, 4.69) is 16.0 Å². The third kappa shape index (κ3) is 5.39. The smallest absolute Gasteiger partial charge is 0.255 e. The van der Waals surface area contributed by atoms with Crippen LogP contribution in [0.3, 0.4) is 0 Å². The minimum atomic E-state index is -0.282. The summed E-state index contributed by atoms with van der Waals surface area (Å²) in [5.74, 6) is -0.399. The van der Waals surface area contributed by atoms with E-state index in [0.717, 1.165) is 12.8 Å². The molecule has 3 amide bonds. The van der Waals surface area contributed by atoms with Crippen LogP contribution in [0.25, 0.3) is 0 Å². The lowest BCUT2D eigenvalue weighted by atomic mass is 10.2. The lowest BCUT2D eigenvalue weighted by Crippen LogP contribution is -2.17. The lowest BCUT2D eigenvalue weighted by molar-refractivity contribution is -0.119. The van der Waals surface area contributed by atoms with Crippen molar-refractivity contribution in [3.05, 3.63) is 54.1 Å². The first-order valence-electron chi connectivity index (χ1n) is 8.66. The van der Waals surface area contributed by atoms with Gasteiger partial charge in [-0.05, 0) is 55.3 Å². The molecule has 0 saturated heterocycles. The second-order valence-electron chi connectivity index (χ2n) is 6.36. The molecule has 2 aromatic rings. The van der Waals surface area contributed by atoms with Crippen molar-refractivity contribution in [2.24, 2.45) is 5.92 Å². The first-order chi connectivity index (χ1) is 13.0. The van der Waals surface area contributed by atoms with E-state index in [1.807, 2.05) is 0 Å². The number of anilines is 3. The SMILES string of the molecule is COCC(=O)Nc1cccc(NC(=O)c2ccc(NC(=O)C3CC3)cc2)c1. The van der Waals surface area contributed by atoms with Crippen LogP contribution in [-0.4, -0.2) is 31.4 Å². The topological polar surface area (TPSA) is 96.5 Å². The number of rotatable bonds is 7. The van der Waals surface area contributed by atoms with Crippen molar-refractivity contribution in [2.45, 2.75) is 12.8 Å². The molecule has 0 unspecified atom stereocenters. The molecule has 0 atom stereocenters. The second-order valence-corrected chi connectivity index (χ2v) is 6.36. The summed E-state index contributed by atoms with van der Waals surface area (Å²) in [5, 5.41) is 8.30. The molecule has 1 saturated carbocycles. The van der Waals surface area contributed by atoms with E-state index in [4.69, 9.17) is 4.74 Å². The average molecular weight is 367 g/mol. The van der Waals surface area contributed by atoms with E-state index in [1.165, 1.54) is 7.11 Å². The fraction of sp³-hybridized carbons (Fsp3) is 0.250. The van der Waals surface area contributed by atoms with Crippen molar-refractivity contribution in [3.8, 4) is 0 Å². The van der Waals surface area contributed by atoms with Gasteiger partial charge in [-0.2, -0.15) is 0 Å². The number of carbonyl (C=O) groups excluding carboxylic acids is 3. The van der Waals surface area contributed by atoms with E-state index >= 15 is 0 Å². The predicted octanol–water partition coefficient (Wildman–Crippen LogP) is 2.87. The summed E-state index contributed by atoms with van der Waals surface area (Å²) in [4.78, 5) is 35.7. The first-order valence-corrected chi connectivity index (χ1v) is 8.66. The van der Waals surface area contributed by atoms with Gasteiger partial charge in [0.05, 0.1) is 0 Å². The first kappa shape index (κ1) is 18.6. The van der Waals surface area contributed by atoms with Gasteiger partial charge in [-0.15, -0.1) is 0 Å². The molecule has 0 spiro atoms. The van der Waals surface area contributed by atoms with Gasteiger partial charge in [0, 0.05) is 35.7 Å². The van der Waals surface area contributed by atoms with Crippen LogP contribution in [0, 0.1) is 5.92 Å². The zero-order chi connectivity index (χ0) is 19.2. The van der Waals surface area contributed by atoms with E-state index in [-0.39, 0.29) is 30.2 Å². The number of methoxy groups -OCH3 is 1. The summed E-state index contributed by atoms with van der Waals surface area (Å²) in [6.07, 6.45) is 1.88. The van der Waals surface area contributed by atoms with Crippen molar-refractivity contribution in [3.63, 3.8) is 0 Å². The van der Waals surface area contributed by atoms with Crippen LogP contribution in [0.4, 0.5) is 17.1 Å². The highest BCUT2D eigenvalue weighted by molar-refractivity contribution is 6.05. The minimum Gasteiger partial charge on any atom is -0.375 e. The lowest BCUT2D eigenvalue weighted by Gasteiger charge is -2.09. The Kier molecular flexibility index (Phi) is 5.83. The molecule has 3 N–H and O–H groups in total. The molecule has 3 rings (SSSR count). The molecule has 0 aromatic heterocycles. The van der Waals surface area contributed by atoms with Gasteiger partial charge in [0.1, 0.15) is 6.61 Å². The van der Waals surface area contributed by atoms with Gasteiger partial charge in [0.2, 0.25) is 11.8 Å². The largest absolute Gasteiger partial charge is 0.375 e. The third-order valence-corrected chi connectivity index (χ3v) is 4.04. The van der Waals surface area contributed by atoms with Crippen LogP contribution >= 0.6 is 0 Å². The molecule has 1 aliphatic carbocycles. The fourth-order valence-corrected chi connectivity index (χ4v) is 2.50. The van der Waals surface area contributed by atoms with Gasteiger partial charge in [-0.1, -0.05) is 6.07 Å². The van der Waals surface area contributed by atoms with Gasteiger partial charge in [0.25, 0.3) is 5.91 Å². The number of nitrogens with one attached hydrogen (secondary N) is 3. The Morgan fingerprint density at radius 2 is 1.59 bits per heavy atom. The summed E-state index contributed by atoms with van der Waals surface area (Å²) in [6, 6.07) is 13.6. The number of hydrogen-bond acceptors (Lipinski definition) is 4. The normalized spacial score (nSPS) is 12.9. The molecule has 1 aliphatic rings. The Bertz CT molecular complexity index is 845.